The predicted molar refractivity (Wildman–Crippen MR) is 74.3 cm³/mol. The zero-order valence-corrected chi connectivity index (χ0v) is 10.2. The lowest BCUT2D eigenvalue weighted by Gasteiger charge is -2.28. The van der Waals surface area contributed by atoms with Gasteiger partial charge < -0.3 is 4.90 Å². The molecule has 0 unspecified atom stereocenters. The van der Waals surface area contributed by atoms with Gasteiger partial charge in [0.1, 0.15) is 5.84 Å². The molecule has 0 N–H and O–H groups in total. The molecule has 0 saturated heterocycles. The van der Waals surface area contributed by atoms with Crippen LogP contribution in [0.2, 0.25) is 0 Å². The standard InChI is InChI=1S/C15H13N3/c1-11-17-13-7-2-5-12-6-3-8-14(15(12)13)18(11)10-4-9-16/h2-3,5-8H,4,10H2,1H3. The third-order valence-corrected chi connectivity index (χ3v) is 3.27. The molecule has 0 saturated carbocycles. The molecule has 3 nitrogen and oxygen atoms in total. The number of hydrogen-bond acceptors (Lipinski definition) is 3. The first-order valence-electron chi connectivity index (χ1n) is 6.03. The van der Waals surface area contributed by atoms with Crippen LogP contribution in [0.15, 0.2) is 41.4 Å². The van der Waals surface area contributed by atoms with Gasteiger partial charge in [0.15, 0.2) is 0 Å². The van der Waals surface area contributed by atoms with Crippen LogP contribution in [0.3, 0.4) is 0 Å². The second-order valence-electron chi connectivity index (χ2n) is 4.37. The second kappa shape index (κ2) is 4.15. The van der Waals surface area contributed by atoms with Gasteiger partial charge in [-0.05, 0) is 24.4 Å². The highest BCUT2D eigenvalue weighted by Crippen LogP contribution is 2.38. The molecule has 0 aliphatic carbocycles. The molecule has 2 aromatic carbocycles. The van der Waals surface area contributed by atoms with E-state index in [1.165, 1.54) is 10.8 Å². The topological polar surface area (TPSA) is 39.4 Å². The maximum absolute atomic E-state index is 8.76. The molecule has 1 heterocycles. The molecular formula is C15H13N3. The monoisotopic (exact) mass is 235 g/mol. The van der Waals surface area contributed by atoms with Gasteiger partial charge in [-0.2, -0.15) is 5.26 Å². The Morgan fingerprint density at radius 3 is 2.78 bits per heavy atom. The summed E-state index contributed by atoms with van der Waals surface area (Å²) in [4.78, 5) is 6.76. The van der Waals surface area contributed by atoms with Crippen LogP contribution < -0.4 is 4.90 Å². The number of aliphatic imine (C=N–C) groups is 1. The van der Waals surface area contributed by atoms with Crippen molar-refractivity contribution in [2.45, 2.75) is 13.3 Å². The highest BCUT2D eigenvalue weighted by atomic mass is 15.2. The Bertz CT molecular complexity index is 674. The molecule has 1 aliphatic heterocycles. The van der Waals surface area contributed by atoms with Crippen LogP contribution in [-0.4, -0.2) is 12.4 Å². The van der Waals surface area contributed by atoms with Crippen molar-refractivity contribution in [3.05, 3.63) is 36.4 Å². The minimum atomic E-state index is 0.505. The van der Waals surface area contributed by atoms with Crippen LogP contribution in [0, 0.1) is 11.3 Å². The maximum Gasteiger partial charge on any atom is 0.106 e. The van der Waals surface area contributed by atoms with Crippen LogP contribution >= 0.6 is 0 Å². The molecule has 1 aliphatic rings. The SMILES string of the molecule is CC1=Nc2cccc3cccc(c23)N1CCC#N. The van der Waals surface area contributed by atoms with E-state index in [9.17, 15) is 0 Å². The average molecular weight is 235 g/mol. The number of nitriles is 1. The van der Waals surface area contributed by atoms with Gasteiger partial charge in [-0.3, -0.25) is 0 Å². The molecule has 0 amide bonds. The fourth-order valence-electron chi connectivity index (χ4n) is 2.47. The lowest BCUT2D eigenvalue weighted by atomic mass is 10.0. The number of hydrogen-bond donors (Lipinski definition) is 0. The van der Waals surface area contributed by atoms with Crippen molar-refractivity contribution >= 4 is 28.0 Å². The van der Waals surface area contributed by atoms with E-state index in [1.54, 1.807) is 0 Å². The largest absolute Gasteiger partial charge is 0.328 e. The summed E-state index contributed by atoms with van der Waals surface area (Å²) in [5.41, 5.74) is 2.18. The minimum Gasteiger partial charge on any atom is -0.328 e. The summed E-state index contributed by atoms with van der Waals surface area (Å²) in [5.74, 6) is 0.955. The molecule has 18 heavy (non-hydrogen) atoms. The first-order valence-corrected chi connectivity index (χ1v) is 6.03. The Hall–Kier alpha value is -2.34. The quantitative estimate of drug-likeness (QED) is 0.797. The van der Waals surface area contributed by atoms with Gasteiger partial charge in [0.2, 0.25) is 0 Å². The van der Waals surface area contributed by atoms with Crippen LogP contribution in [0.25, 0.3) is 10.8 Å². The van der Waals surface area contributed by atoms with Crippen molar-refractivity contribution in [1.29, 1.82) is 5.26 Å². The van der Waals surface area contributed by atoms with Crippen molar-refractivity contribution in [3.63, 3.8) is 0 Å². The molecule has 0 spiro atoms. The molecular weight excluding hydrogens is 222 g/mol. The van der Waals surface area contributed by atoms with Crippen LogP contribution in [0.4, 0.5) is 11.4 Å². The van der Waals surface area contributed by atoms with Gasteiger partial charge in [-0.1, -0.05) is 24.3 Å². The van der Waals surface area contributed by atoms with Crippen molar-refractivity contribution in [3.8, 4) is 6.07 Å². The fourth-order valence-corrected chi connectivity index (χ4v) is 2.47. The third-order valence-electron chi connectivity index (χ3n) is 3.27. The van der Waals surface area contributed by atoms with E-state index < -0.39 is 0 Å². The van der Waals surface area contributed by atoms with E-state index in [0.717, 1.165) is 17.2 Å². The van der Waals surface area contributed by atoms with Gasteiger partial charge in [0, 0.05) is 11.9 Å². The lowest BCUT2D eigenvalue weighted by molar-refractivity contribution is 0.966. The van der Waals surface area contributed by atoms with Crippen LogP contribution in [0.1, 0.15) is 13.3 Å². The summed E-state index contributed by atoms with van der Waals surface area (Å²) in [6.07, 6.45) is 0.505. The zero-order valence-electron chi connectivity index (χ0n) is 10.2. The molecule has 0 radical (unpaired) electrons. The van der Waals surface area contributed by atoms with E-state index in [4.69, 9.17) is 5.26 Å². The summed E-state index contributed by atoms with van der Waals surface area (Å²) >= 11 is 0. The normalized spacial score (nSPS) is 13.3. The maximum atomic E-state index is 8.76. The van der Waals surface area contributed by atoms with Gasteiger partial charge in [-0.25, -0.2) is 4.99 Å². The van der Waals surface area contributed by atoms with E-state index in [2.05, 4.69) is 40.2 Å². The van der Waals surface area contributed by atoms with Crippen LogP contribution in [-0.2, 0) is 0 Å². The smallest absolute Gasteiger partial charge is 0.106 e. The predicted octanol–water partition coefficient (Wildman–Crippen LogP) is 3.62. The first kappa shape index (κ1) is 10.8. The molecule has 2 aromatic rings. The van der Waals surface area contributed by atoms with Gasteiger partial charge in [0.25, 0.3) is 0 Å². The molecule has 0 bridgehead atoms. The van der Waals surface area contributed by atoms with E-state index in [-0.39, 0.29) is 0 Å². The Morgan fingerprint density at radius 2 is 2.00 bits per heavy atom. The lowest BCUT2D eigenvalue weighted by Crippen LogP contribution is -2.31. The summed E-state index contributed by atoms with van der Waals surface area (Å²) in [6.45, 7) is 2.69. The Kier molecular flexibility index (Phi) is 2.49. The molecule has 0 aromatic heterocycles. The Morgan fingerprint density at radius 1 is 1.22 bits per heavy atom. The molecule has 3 rings (SSSR count). The molecule has 0 fully saturated rings. The summed E-state index contributed by atoms with van der Waals surface area (Å²) < 4.78 is 0. The third kappa shape index (κ3) is 1.54. The summed E-state index contributed by atoms with van der Waals surface area (Å²) in [6, 6.07) is 14.6. The van der Waals surface area contributed by atoms with Crippen molar-refractivity contribution < 1.29 is 0 Å². The summed E-state index contributed by atoms with van der Waals surface area (Å²) in [7, 11) is 0. The van der Waals surface area contributed by atoms with Gasteiger partial charge >= 0.3 is 0 Å². The number of nitrogens with zero attached hydrogens (tertiary/aromatic N) is 3. The van der Waals surface area contributed by atoms with E-state index in [0.29, 0.717) is 13.0 Å². The van der Waals surface area contributed by atoms with E-state index in [1.807, 2.05) is 19.1 Å². The van der Waals surface area contributed by atoms with Crippen molar-refractivity contribution in [1.82, 2.24) is 0 Å². The number of anilines is 1. The van der Waals surface area contributed by atoms with Gasteiger partial charge in [-0.15, -0.1) is 0 Å². The molecule has 3 heteroatoms. The highest BCUT2D eigenvalue weighted by molar-refractivity contribution is 6.14. The van der Waals surface area contributed by atoms with Gasteiger partial charge in [0.05, 0.1) is 23.9 Å². The minimum absolute atomic E-state index is 0.505. The second-order valence-corrected chi connectivity index (χ2v) is 4.37. The highest BCUT2D eigenvalue weighted by Gasteiger charge is 2.19. The van der Waals surface area contributed by atoms with E-state index >= 15 is 0 Å². The number of benzene rings is 2. The van der Waals surface area contributed by atoms with Crippen LogP contribution in [0.5, 0.6) is 0 Å². The number of rotatable bonds is 2. The first-order chi connectivity index (χ1) is 8.81. The summed E-state index contributed by atoms with van der Waals surface area (Å²) in [5, 5.41) is 11.1. The molecule has 88 valence electrons. The average Bonchev–Trinajstić information content (AvgIpc) is 2.39. The fraction of sp³-hybridized carbons (Fsp3) is 0.200. The Balaban J connectivity index is 2.22. The van der Waals surface area contributed by atoms with Crippen molar-refractivity contribution in [2.24, 2.45) is 4.99 Å². The number of amidine groups is 1. The molecule has 0 atom stereocenters. The van der Waals surface area contributed by atoms with Crippen molar-refractivity contribution in [2.75, 3.05) is 11.4 Å². The zero-order chi connectivity index (χ0) is 12.5. The Labute approximate surface area is 106 Å².